The summed E-state index contributed by atoms with van der Waals surface area (Å²) in [5.41, 5.74) is 1.15. The Hall–Kier alpha value is -5.31. The number of methoxy groups -OCH3 is 1. The molecule has 0 aliphatic carbocycles. The van der Waals surface area contributed by atoms with Crippen molar-refractivity contribution >= 4 is 24.5 Å². The Morgan fingerprint density at radius 2 is 1.00 bits per heavy atom. The lowest BCUT2D eigenvalue weighted by molar-refractivity contribution is -0.138. The van der Waals surface area contributed by atoms with Gasteiger partial charge in [0.2, 0.25) is 0 Å². The number of hydrogen-bond acceptors (Lipinski definition) is 7. The van der Waals surface area contributed by atoms with E-state index >= 15 is 0 Å². The molecule has 4 aromatic carbocycles. The molecular weight excluding hydrogens is 543 g/mol. The van der Waals surface area contributed by atoms with E-state index in [2.05, 4.69) is 4.74 Å². The van der Waals surface area contributed by atoms with Gasteiger partial charge in [0, 0.05) is 25.0 Å². The van der Waals surface area contributed by atoms with E-state index in [4.69, 9.17) is 19.7 Å². The first kappa shape index (κ1) is 41.2. The maximum Gasteiger partial charge on any atom is 0.302 e. The van der Waals surface area contributed by atoms with E-state index in [0.29, 0.717) is 23.2 Å². The molecule has 0 aromatic heterocycles. The Kier molecular flexibility index (Phi) is 25.4. The fourth-order valence-electron chi connectivity index (χ4n) is 2.21. The van der Waals surface area contributed by atoms with Gasteiger partial charge in [0.25, 0.3) is 5.97 Å². The maximum atomic E-state index is 12.1. The minimum absolute atomic E-state index is 0. The van der Waals surface area contributed by atoms with Gasteiger partial charge in [0.15, 0.2) is 0 Å². The van der Waals surface area contributed by atoms with Crippen molar-refractivity contribution < 1.29 is 43.3 Å². The zero-order chi connectivity index (χ0) is 30.2. The van der Waals surface area contributed by atoms with E-state index in [1.165, 1.54) is 38.3 Å². The molecule has 0 bridgehead atoms. The van der Waals surface area contributed by atoms with Crippen LogP contribution in [0.1, 0.15) is 49.4 Å². The summed E-state index contributed by atoms with van der Waals surface area (Å²) >= 11 is 0. The molecule has 0 atom stereocenters. The van der Waals surface area contributed by atoms with Gasteiger partial charge >= 0.3 is 5.97 Å². The van der Waals surface area contributed by atoms with Crippen molar-refractivity contribution in [1.29, 1.82) is 0 Å². The fraction of sp³-hybridized carbons (Fsp3) is 0.152. The molecule has 4 rings (SSSR count). The molecular formula is C33H39FO8. The molecule has 0 heterocycles. The molecule has 42 heavy (non-hydrogen) atoms. The third-order valence-corrected chi connectivity index (χ3v) is 4.04. The highest BCUT2D eigenvalue weighted by molar-refractivity contribution is 5.75. The molecule has 0 spiro atoms. The molecule has 0 fully saturated rings. The number of aliphatic carboxylic acids is 1. The van der Waals surface area contributed by atoms with Crippen molar-refractivity contribution in [3.63, 3.8) is 0 Å². The van der Waals surface area contributed by atoms with Crippen molar-refractivity contribution in [3.8, 4) is 17.2 Å². The highest BCUT2D eigenvalue weighted by Gasteiger charge is 1.96. The molecule has 0 saturated heterocycles. The first-order valence-electron chi connectivity index (χ1n) is 11.6. The second kappa shape index (κ2) is 25.9. The number of aldehydes is 2. The van der Waals surface area contributed by atoms with Crippen LogP contribution in [0, 0.1) is 5.82 Å². The van der Waals surface area contributed by atoms with Crippen LogP contribution in [0.15, 0.2) is 109 Å². The Morgan fingerprint density at radius 3 is 1.31 bits per heavy atom. The van der Waals surface area contributed by atoms with Crippen LogP contribution in [0.4, 0.5) is 4.39 Å². The van der Waals surface area contributed by atoms with Gasteiger partial charge in [-0.15, -0.1) is 0 Å². The van der Waals surface area contributed by atoms with Crippen molar-refractivity contribution in [2.24, 2.45) is 0 Å². The predicted octanol–water partition coefficient (Wildman–Crippen LogP) is 7.86. The average molecular weight is 583 g/mol. The second-order valence-electron chi connectivity index (χ2n) is 7.32. The van der Waals surface area contributed by atoms with Gasteiger partial charge in [-0.1, -0.05) is 51.3 Å². The molecule has 0 unspecified atom stereocenters. The Balaban J connectivity index is -0.000000488. The van der Waals surface area contributed by atoms with Crippen LogP contribution in [0.5, 0.6) is 17.2 Å². The van der Waals surface area contributed by atoms with Crippen LogP contribution in [-0.4, -0.2) is 41.8 Å². The summed E-state index contributed by atoms with van der Waals surface area (Å²) in [6.07, 6.45) is 1.49. The molecule has 4 aromatic rings. The van der Waals surface area contributed by atoms with Crippen LogP contribution in [0.3, 0.4) is 0 Å². The van der Waals surface area contributed by atoms with Crippen LogP contribution in [0.25, 0.3) is 0 Å². The standard InChI is InChI=1S/C13H10O2.C7H5FO.C6H6O.C3H6O2.C2H4O2.2CH4/c14-10-11-6-8-13(9-7-11)15-12-4-2-1-3-5-12;8-7-3-1-6(5-9)2-4-7;7-6-4-2-1-3-5-6;1-3(4)5-2;1-2(3)4;;/h1-10H;1-5H;1-5,7H;1-2H3;1H3,(H,3,4);2*1H4. The molecule has 0 aliphatic heterocycles. The number of carbonyl (C=O) groups is 4. The van der Waals surface area contributed by atoms with E-state index in [-0.39, 0.29) is 26.6 Å². The smallest absolute Gasteiger partial charge is 0.302 e. The molecule has 0 aliphatic rings. The van der Waals surface area contributed by atoms with Crippen LogP contribution >= 0.6 is 0 Å². The number of benzene rings is 4. The zero-order valence-electron chi connectivity index (χ0n) is 22.3. The normalized spacial score (nSPS) is 8.19. The van der Waals surface area contributed by atoms with E-state index in [0.717, 1.165) is 24.7 Å². The maximum absolute atomic E-state index is 12.1. The minimum Gasteiger partial charge on any atom is -0.508 e. The zero-order valence-corrected chi connectivity index (χ0v) is 22.3. The van der Waals surface area contributed by atoms with E-state index < -0.39 is 5.97 Å². The van der Waals surface area contributed by atoms with Gasteiger partial charge in [-0.2, -0.15) is 0 Å². The average Bonchev–Trinajstić information content (AvgIpc) is 2.96. The Morgan fingerprint density at radius 1 is 0.667 bits per heavy atom. The summed E-state index contributed by atoms with van der Waals surface area (Å²) in [4.78, 5) is 39.0. The number of rotatable bonds is 4. The lowest BCUT2D eigenvalue weighted by Crippen LogP contribution is -1.88. The molecule has 9 heteroatoms. The molecule has 8 nitrogen and oxygen atoms in total. The van der Waals surface area contributed by atoms with Gasteiger partial charge in [0.05, 0.1) is 7.11 Å². The summed E-state index contributed by atoms with van der Waals surface area (Å²) in [6.45, 7) is 2.44. The van der Waals surface area contributed by atoms with Gasteiger partial charge in [-0.25, -0.2) is 4.39 Å². The molecule has 2 N–H and O–H groups in total. The number of carboxylic acid groups (broad SMARTS) is 1. The molecule has 0 amide bonds. The number of aromatic hydroxyl groups is 1. The highest BCUT2D eigenvalue weighted by Crippen LogP contribution is 2.20. The summed E-state index contributed by atoms with van der Waals surface area (Å²) in [7, 11) is 1.35. The number of phenolic OH excluding ortho intramolecular Hbond substituents is 1. The topological polar surface area (TPSA) is 127 Å². The lowest BCUT2D eigenvalue weighted by atomic mass is 10.2. The summed E-state index contributed by atoms with van der Waals surface area (Å²) < 4.78 is 21.8. The second-order valence-corrected chi connectivity index (χ2v) is 7.32. The van der Waals surface area contributed by atoms with Gasteiger partial charge in [-0.05, 0) is 72.8 Å². The number of carboxylic acids is 1. The quantitative estimate of drug-likeness (QED) is 0.184. The molecule has 0 saturated carbocycles. The Bertz CT molecular complexity index is 1240. The van der Waals surface area contributed by atoms with Gasteiger partial charge in [0.1, 0.15) is 35.6 Å². The van der Waals surface area contributed by atoms with E-state index in [1.54, 1.807) is 48.5 Å². The van der Waals surface area contributed by atoms with Crippen LogP contribution in [0.2, 0.25) is 0 Å². The number of para-hydroxylation sites is 2. The largest absolute Gasteiger partial charge is 0.508 e. The summed E-state index contributed by atoms with van der Waals surface area (Å²) in [5, 5.41) is 16.0. The highest BCUT2D eigenvalue weighted by atomic mass is 19.1. The van der Waals surface area contributed by atoms with E-state index in [9.17, 15) is 18.8 Å². The first-order valence-corrected chi connectivity index (χ1v) is 11.6. The van der Waals surface area contributed by atoms with Gasteiger partial charge < -0.3 is 19.7 Å². The number of carbonyl (C=O) groups excluding carboxylic acids is 3. The minimum atomic E-state index is -0.833. The number of hydrogen-bond donors (Lipinski definition) is 2. The monoisotopic (exact) mass is 582 g/mol. The van der Waals surface area contributed by atoms with Gasteiger partial charge in [-0.3, -0.25) is 19.2 Å². The number of halogens is 1. The third kappa shape index (κ3) is 23.8. The van der Waals surface area contributed by atoms with E-state index in [1.807, 2.05) is 36.4 Å². The van der Waals surface area contributed by atoms with Crippen LogP contribution < -0.4 is 4.74 Å². The SMILES string of the molecule is C.C.CC(=O)O.COC(C)=O.O=Cc1ccc(F)cc1.O=Cc1ccc(Oc2ccccc2)cc1.Oc1ccccc1. The number of ether oxygens (including phenoxy) is 2. The number of esters is 1. The summed E-state index contributed by atoms with van der Waals surface area (Å²) in [6, 6.07) is 30.6. The molecule has 226 valence electrons. The Labute approximate surface area is 247 Å². The van der Waals surface area contributed by atoms with Crippen LogP contribution in [-0.2, 0) is 14.3 Å². The lowest BCUT2D eigenvalue weighted by Gasteiger charge is -2.04. The van der Waals surface area contributed by atoms with Crippen molar-refractivity contribution in [2.45, 2.75) is 28.7 Å². The predicted molar refractivity (Wildman–Crippen MR) is 163 cm³/mol. The first-order chi connectivity index (χ1) is 19.1. The van der Waals surface area contributed by atoms with Crippen molar-refractivity contribution in [1.82, 2.24) is 0 Å². The molecule has 0 radical (unpaired) electrons. The summed E-state index contributed by atoms with van der Waals surface area (Å²) in [5.74, 6) is 0.441. The fourth-order valence-corrected chi connectivity index (χ4v) is 2.21. The van der Waals surface area contributed by atoms with Crippen molar-refractivity contribution in [3.05, 3.63) is 126 Å². The van der Waals surface area contributed by atoms with Crippen molar-refractivity contribution in [2.75, 3.05) is 7.11 Å². The third-order valence-electron chi connectivity index (χ3n) is 4.04. The number of phenols is 1.